The van der Waals surface area contributed by atoms with Gasteiger partial charge in [0.25, 0.3) is 0 Å². The van der Waals surface area contributed by atoms with E-state index in [-0.39, 0.29) is 0 Å². The second kappa shape index (κ2) is 22.4. The van der Waals surface area contributed by atoms with E-state index in [0.717, 1.165) is 52.1 Å². The first kappa shape index (κ1) is 31.7. The van der Waals surface area contributed by atoms with Gasteiger partial charge in [-0.05, 0) is 77.5 Å². The lowest BCUT2D eigenvalue weighted by atomic mass is 10.1. The Kier molecular flexibility index (Phi) is 19.2. The normalized spacial score (nSPS) is 18.9. The summed E-state index contributed by atoms with van der Waals surface area (Å²) in [5.41, 5.74) is 12.1. The summed E-state index contributed by atoms with van der Waals surface area (Å²) in [6, 6.07) is 0.967. The van der Waals surface area contributed by atoms with Crippen molar-refractivity contribution < 1.29 is 0 Å². The van der Waals surface area contributed by atoms with Gasteiger partial charge in [0.05, 0.1) is 6.04 Å². The van der Waals surface area contributed by atoms with Gasteiger partial charge in [-0.3, -0.25) is 9.98 Å². The van der Waals surface area contributed by atoms with E-state index in [2.05, 4.69) is 31.3 Å². The Bertz CT molecular complexity index is 578. The van der Waals surface area contributed by atoms with Gasteiger partial charge in [0.1, 0.15) is 0 Å². The summed E-state index contributed by atoms with van der Waals surface area (Å²) < 4.78 is 0. The van der Waals surface area contributed by atoms with Crippen molar-refractivity contribution in [2.24, 2.45) is 21.5 Å². The standard InChI is InChI=1S/C29H60N8/c30-28(36-26-16-8-2-3-9-17-26)34-24-14-22-32-20-12-6-1-7-13-21-33-23-15-25-35-29(31)37-27-18-10-4-5-11-19-27/h26-27,32-33H,1-25H2,(H3,30,34,36)(H3,31,35,37). The Morgan fingerprint density at radius 1 is 0.568 bits per heavy atom. The first-order valence-corrected chi connectivity index (χ1v) is 15.8. The molecule has 0 atom stereocenters. The summed E-state index contributed by atoms with van der Waals surface area (Å²) in [5.74, 6) is 1.27. The molecule has 0 aromatic rings. The number of guanidine groups is 2. The summed E-state index contributed by atoms with van der Waals surface area (Å²) >= 11 is 0. The van der Waals surface area contributed by atoms with Gasteiger partial charge < -0.3 is 32.7 Å². The molecule has 0 bridgehead atoms. The predicted octanol–water partition coefficient (Wildman–Crippen LogP) is 4.15. The lowest BCUT2D eigenvalue weighted by molar-refractivity contribution is 0.529. The molecule has 8 nitrogen and oxygen atoms in total. The van der Waals surface area contributed by atoms with E-state index in [1.807, 2.05) is 0 Å². The molecule has 37 heavy (non-hydrogen) atoms. The number of unbranched alkanes of at least 4 members (excludes halogenated alkanes) is 4. The molecule has 0 aromatic heterocycles. The topological polar surface area (TPSA) is 125 Å². The minimum Gasteiger partial charge on any atom is -0.370 e. The molecule has 0 unspecified atom stereocenters. The number of nitrogens with two attached hydrogens (primary N) is 2. The smallest absolute Gasteiger partial charge is 0.188 e. The fourth-order valence-electron chi connectivity index (χ4n) is 5.42. The van der Waals surface area contributed by atoms with Gasteiger partial charge in [-0.25, -0.2) is 0 Å². The maximum Gasteiger partial charge on any atom is 0.188 e. The van der Waals surface area contributed by atoms with Crippen LogP contribution < -0.4 is 32.7 Å². The summed E-state index contributed by atoms with van der Waals surface area (Å²) in [5, 5.41) is 13.8. The highest BCUT2D eigenvalue weighted by molar-refractivity contribution is 5.78. The third-order valence-corrected chi connectivity index (χ3v) is 7.69. The van der Waals surface area contributed by atoms with Crippen molar-refractivity contribution >= 4 is 11.9 Å². The first-order chi connectivity index (χ1) is 18.2. The number of hydrogen-bond donors (Lipinski definition) is 6. The van der Waals surface area contributed by atoms with Crippen molar-refractivity contribution in [3.63, 3.8) is 0 Å². The Balaban J connectivity index is 1.28. The molecule has 2 fully saturated rings. The van der Waals surface area contributed by atoms with E-state index in [4.69, 9.17) is 11.5 Å². The molecule has 216 valence electrons. The van der Waals surface area contributed by atoms with Crippen LogP contribution in [0.15, 0.2) is 9.98 Å². The third-order valence-electron chi connectivity index (χ3n) is 7.69. The van der Waals surface area contributed by atoms with Gasteiger partial charge in [-0.15, -0.1) is 0 Å². The molecule has 0 amide bonds. The van der Waals surface area contributed by atoms with Crippen LogP contribution in [0.5, 0.6) is 0 Å². The van der Waals surface area contributed by atoms with Crippen molar-refractivity contribution in [3.05, 3.63) is 0 Å². The average molecular weight is 521 g/mol. The Morgan fingerprint density at radius 2 is 1.11 bits per heavy atom. The van der Waals surface area contributed by atoms with Gasteiger partial charge >= 0.3 is 0 Å². The molecule has 2 aliphatic carbocycles. The number of nitrogens with one attached hydrogen (secondary N) is 4. The van der Waals surface area contributed by atoms with Crippen LogP contribution >= 0.6 is 0 Å². The maximum absolute atomic E-state index is 6.06. The molecule has 0 aliphatic heterocycles. The molecule has 2 saturated carbocycles. The molecule has 2 rings (SSSR count). The highest BCUT2D eigenvalue weighted by atomic mass is 15.1. The van der Waals surface area contributed by atoms with Gasteiger partial charge in [0, 0.05) is 19.1 Å². The van der Waals surface area contributed by atoms with E-state index in [1.54, 1.807) is 0 Å². The Hall–Kier alpha value is -1.54. The number of aliphatic imine (C=N–C) groups is 2. The van der Waals surface area contributed by atoms with Crippen molar-refractivity contribution in [2.45, 2.75) is 134 Å². The van der Waals surface area contributed by atoms with Gasteiger partial charge in [0.2, 0.25) is 0 Å². The quantitative estimate of drug-likeness (QED) is 0.0698. The van der Waals surface area contributed by atoms with Crippen LogP contribution in [-0.4, -0.2) is 63.3 Å². The SMILES string of the molecule is NC(=NC1CCCCCC1)NCCCNCCCCCCCNCCCN=C(N)NC1CCCCCC1. The van der Waals surface area contributed by atoms with Crippen molar-refractivity contribution in [3.8, 4) is 0 Å². The molecule has 0 aromatic carbocycles. The van der Waals surface area contributed by atoms with Gasteiger partial charge in [0.15, 0.2) is 11.9 Å². The van der Waals surface area contributed by atoms with Crippen LogP contribution in [0.2, 0.25) is 0 Å². The maximum atomic E-state index is 6.06. The van der Waals surface area contributed by atoms with Crippen LogP contribution in [0.1, 0.15) is 122 Å². The fraction of sp³-hybridized carbons (Fsp3) is 0.931. The minimum absolute atomic E-state index is 0.437. The molecule has 8 heteroatoms. The zero-order chi connectivity index (χ0) is 26.2. The summed E-state index contributed by atoms with van der Waals surface area (Å²) in [7, 11) is 0. The molecule has 0 heterocycles. The third kappa shape index (κ3) is 18.4. The van der Waals surface area contributed by atoms with E-state index in [0.29, 0.717) is 24.0 Å². The highest BCUT2D eigenvalue weighted by Gasteiger charge is 2.12. The molecule has 0 spiro atoms. The lowest BCUT2D eigenvalue weighted by Crippen LogP contribution is -2.40. The molecule has 8 N–H and O–H groups in total. The summed E-state index contributed by atoms with van der Waals surface area (Å²) in [6.45, 7) is 6.00. The second-order valence-corrected chi connectivity index (χ2v) is 11.2. The highest BCUT2D eigenvalue weighted by Crippen LogP contribution is 2.19. The van der Waals surface area contributed by atoms with E-state index < -0.39 is 0 Å². The van der Waals surface area contributed by atoms with Crippen LogP contribution in [0.4, 0.5) is 0 Å². The average Bonchev–Trinajstić information content (AvgIpc) is 3.31. The van der Waals surface area contributed by atoms with E-state index in [1.165, 1.54) is 109 Å². The van der Waals surface area contributed by atoms with Crippen LogP contribution in [0, 0.1) is 0 Å². The zero-order valence-electron chi connectivity index (χ0n) is 23.9. The van der Waals surface area contributed by atoms with Crippen molar-refractivity contribution in [2.75, 3.05) is 39.3 Å². The summed E-state index contributed by atoms with van der Waals surface area (Å²) in [6.07, 6.45) is 24.1. The molecule has 0 radical (unpaired) electrons. The van der Waals surface area contributed by atoms with Crippen LogP contribution in [0.25, 0.3) is 0 Å². The molecule has 2 aliphatic rings. The Labute approximate surface area is 228 Å². The van der Waals surface area contributed by atoms with Crippen LogP contribution in [-0.2, 0) is 0 Å². The van der Waals surface area contributed by atoms with Gasteiger partial charge in [-0.1, -0.05) is 70.6 Å². The fourth-order valence-corrected chi connectivity index (χ4v) is 5.42. The predicted molar refractivity (Wildman–Crippen MR) is 160 cm³/mol. The second-order valence-electron chi connectivity index (χ2n) is 11.2. The Morgan fingerprint density at radius 3 is 1.76 bits per heavy atom. The first-order valence-electron chi connectivity index (χ1n) is 15.8. The van der Waals surface area contributed by atoms with Gasteiger partial charge in [-0.2, -0.15) is 0 Å². The monoisotopic (exact) mass is 520 g/mol. The number of nitrogens with zero attached hydrogens (tertiary/aromatic N) is 2. The summed E-state index contributed by atoms with van der Waals surface area (Å²) in [4.78, 5) is 9.18. The zero-order valence-corrected chi connectivity index (χ0v) is 23.9. The minimum atomic E-state index is 0.437. The lowest BCUT2D eigenvalue weighted by Gasteiger charge is -2.16. The van der Waals surface area contributed by atoms with Crippen molar-refractivity contribution in [1.82, 2.24) is 21.3 Å². The van der Waals surface area contributed by atoms with Crippen molar-refractivity contribution in [1.29, 1.82) is 0 Å². The number of hydrogen-bond acceptors (Lipinski definition) is 4. The van der Waals surface area contributed by atoms with E-state index >= 15 is 0 Å². The molecular weight excluding hydrogens is 460 g/mol. The molecule has 0 saturated heterocycles. The molecular formula is C29H60N8. The van der Waals surface area contributed by atoms with Crippen LogP contribution in [0.3, 0.4) is 0 Å². The van der Waals surface area contributed by atoms with E-state index in [9.17, 15) is 0 Å². The number of rotatable bonds is 18. The largest absolute Gasteiger partial charge is 0.370 e.